The Hall–Kier alpha value is -1.62. The highest BCUT2D eigenvalue weighted by molar-refractivity contribution is 14.0. The lowest BCUT2D eigenvalue weighted by Crippen LogP contribution is -2.45. The van der Waals surface area contributed by atoms with E-state index < -0.39 is 6.10 Å². The van der Waals surface area contributed by atoms with Crippen molar-refractivity contribution >= 4 is 35.8 Å². The number of aliphatic hydroxyl groups is 1. The zero-order valence-electron chi connectivity index (χ0n) is 18.1. The Morgan fingerprint density at radius 2 is 2.00 bits per heavy atom. The summed E-state index contributed by atoms with van der Waals surface area (Å²) in [6.45, 7) is 4.40. The van der Waals surface area contributed by atoms with Gasteiger partial charge < -0.3 is 25.4 Å². The highest BCUT2D eigenvalue weighted by Gasteiger charge is 2.32. The number of halogens is 2. The van der Waals surface area contributed by atoms with Gasteiger partial charge in [-0.05, 0) is 50.5 Å². The number of amides is 1. The van der Waals surface area contributed by atoms with Gasteiger partial charge in [0, 0.05) is 31.6 Å². The molecule has 31 heavy (non-hydrogen) atoms. The summed E-state index contributed by atoms with van der Waals surface area (Å²) in [5, 5.41) is 16.7. The number of guanidine groups is 1. The van der Waals surface area contributed by atoms with Crippen LogP contribution in [0.4, 0.5) is 4.39 Å². The zero-order valence-corrected chi connectivity index (χ0v) is 20.4. The average Bonchev–Trinajstić information content (AvgIpc) is 3.44. The molecule has 0 aromatic heterocycles. The fourth-order valence-electron chi connectivity index (χ4n) is 4.00. The SMILES string of the molecule is CCNC(=NCC(O)COc1ccc(F)cc1)NC1CCN(C(=O)C2CCCC2)C1.I. The number of rotatable bonds is 8. The molecule has 1 heterocycles. The van der Waals surface area contributed by atoms with Gasteiger partial charge >= 0.3 is 0 Å². The van der Waals surface area contributed by atoms with E-state index in [1.54, 1.807) is 0 Å². The van der Waals surface area contributed by atoms with E-state index in [2.05, 4.69) is 15.6 Å². The van der Waals surface area contributed by atoms with Crippen LogP contribution in [0.3, 0.4) is 0 Å². The van der Waals surface area contributed by atoms with Crippen molar-refractivity contribution in [1.82, 2.24) is 15.5 Å². The number of nitrogens with zero attached hydrogens (tertiary/aromatic N) is 2. The number of hydrogen-bond donors (Lipinski definition) is 3. The smallest absolute Gasteiger partial charge is 0.225 e. The third-order valence-corrected chi connectivity index (χ3v) is 5.61. The molecule has 3 rings (SSSR count). The topological polar surface area (TPSA) is 86.2 Å². The second kappa shape index (κ2) is 13.0. The highest BCUT2D eigenvalue weighted by Crippen LogP contribution is 2.27. The molecule has 0 spiro atoms. The van der Waals surface area contributed by atoms with E-state index in [-0.39, 0.29) is 54.9 Å². The van der Waals surface area contributed by atoms with Crippen molar-refractivity contribution < 1.29 is 19.0 Å². The Kier molecular flexibility index (Phi) is 10.8. The van der Waals surface area contributed by atoms with Crippen LogP contribution in [-0.2, 0) is 4.79 Å². The first kappa shape index (κ1) is 25.6. The molecule has 2 fully saturated rings. The summed E-state index contributed by atoms with van der Waals surface area (Å²) in [7, 11) is 0. The molecule has 2 atom stereocenters. The van der Waals surface area contributed by atoms with Gasteiger partial charge in [0.2, 0.25) is 5.91 Å². The maximum absolute atomic E-state index is 12.9. The van der Waals surface area contributed by atoms with Gasteiger partial charge in [-0.3, -0.25) is 9.79 Å². The van der Waals surface area contributed by atoms with Gasteiger partial charge in [-0.15, -0.1) is 24.0 Å². The van der Waals surface area contributed by atoms with Crippen LogP contribution in [0, 0.1) is 11.7 Å². The second-order valence-electron chi connectivity index (χ2n) is 8.03. The summed E-state index contributed by atoms with van der Waals surface area (Å²) in [6.07, 6.45) is 4.48. The molecule has 1 aliphatic heterocycles. The van der Waals surface area contributed by atoms with Gasteiger partial charge in [0.15, 0.2) is 5.96 Å². The summed E-state index contributed by atoms with van der Waals surface area (Å²) >= 11 is 0. The first-order chi connectivity index (χ1) is 14.5. The standard InChI is InChI=1S/C22H33FN4O3.HI/c1-2-24-22(25-13-19(28)15-30-20-9-7-17(23)8-10-20)26-18-11-12-27(14-18)21(29)16-5-3-4-6-16;/h7-10,16,18-19,28H,2-6,11-15H2,1H3,(H2,24,25,26);1H. The molecule has 2 unspecified atom stereocenters. The molecule has 0 bridgehead atoms. The van der Waals surface area contributed by atoms with Gasteiger partial charge in [-0.1, -0.05) is 12.8 Å². The van der Waals surface area contributed by atoms with Crippen LogP contribution in [0.25, 0.3) is 0 Å². The molecule has 0 radical (unpaired) electrons. The van der Waals surface area contributed by atoms with Gasteiger partial charge in [0.25, 0.3) is 0 Å². The third kappa shape index (κ3) is 8.10. The van der Waals surface area contributed by atoms with E-state index in [4.69, 9.17) is 4.74 Å². The Morgan fingerprint density at radius 1 is 1.29 bits per heavy atom. The summed E-state index contributed by atoms with van der Waals surface area (Å²) < 4.78 is 18.4. The minimum absolute atomic E-state index is 0. The molecule has 1 aromatic carbocycles. The maximum Gasteiger partial charge on any atom is 0.225 e. The van der Waals surface area contributed by atoms with E-state index in [1.165, 1.54) is 24.3 Å². The quantitative estimate of drug-likeness (QED) is 0.264. The van der Waals surface area contributed by atoms with E-state index in [1.807, 2.05) is 11.8 Å². The Bertz CT molecular complexity index is 713. The van der Waals surface area contributed by atoms with Crippen molar-refractivity contribution in [3.8, 4) is 5.75 Å². The number of benzene rings is 1. The summed E-state index contributed by atoms with van der Waals surface area (Å²) in [5.74, 6) is 1.30. The molecule has 7 nitrogen and oxygen atoms in total. The summed E-state index contributed by atoms with van der Waals surface area (Å²) in [6, 6.07) is 5.83. The number of likely N-dealkylation sites (tertiary alicyclic amines) is 1. The molecule has 9 heteroatoms. The fourth-order valence-corrected chi connectivity index (χ4v) is 4.00. The van der Waals surface area contributed by atoms with Crippen LogP contribution in [0.2, 0.25) is 0 Å². The minimum atomic E-state index is -0.783. The lowest BCUT2D eigenvalue weighted by Gasteiger charge is -2.21. The van der Waals surface area contributed by atoms with Crippen molar-refractivity contribution in [3.05, 3.63) is 30.1 Å². The zero-order chi connectivity index (χ0) is 21.3. The first-order valence-corrected chi connectivity index (χ1v) is 10.9. The van der Waals surface area contributed by atoms with Gasteiger partial charge in [-0.25, -0.2) is 4.39 Å². The summed E-state index contributed by atoms with van der Waals surface area (Å²) in [4.78, 5) is 19.0. The van der Waals surface area contributed by atoms with E-state index in [0.717, 1.165) is 38.6 Å². The molecular formula is C22H34FIN4O3. The average molecular weight is 548 g/mol. The third-order valence-electron chi connectivity index (χ3n) is 5.61. The number of hydrogen-bond acceptors (Lipinski definition) is 4. The van der Waals surface area contributed by atoms with Crippen molar-refractivity contribution in [2.24, 2.45) is 10.9 Å². The predicted molar refractivity (Wildman–Crippen MR) is 129 cm³/mol. The van der Waals surface area contributed by atoms with E-state index in [9.17, 15) is 14.3 Å². The van der Waals surface area contributed by atoms with Crippen LogP contribution in [0.1, 0.15) is 39.0 Å². The number of ether oxygens (including phenoxy) is 1. The Balaban J connectivity index is 0.00000341. The maximum atomic E-state index is 12.9. The van der Waals surface area contributed by atoms with Crippen LogP contribution >= 0.6 is 24.0 Å². The van der Waals surface area contributed by atoms with Crippen LogP contribution in [0.15, 0.2) is 29.3 Å². The van der Waals surface area contributed by atoms with Crippen molar-refractivity contribution in [1.29, 1.82) is 0 Å². The van der Waals surface area contributed by atoms with Crippen molar-refractivity contribution in [2.45, 2.75) is 51.2 Å². The molecule has 3 N–H and O–H groups in total. The predicted octanol–water partition coefficient (Wildman–Crippen LogP) is 2.53. The normalized spacial score (nSPS) is 20.3. The molecule has 1 saturated heterocycles. The lowest BCUT2D eigenvalue weighted by molar-refractivity contribution is -0.134. The Labute approximate surface area is 200 Å². The van der Waals surface area contributed by atoms with E-state index >= 15 is 0 Å². The van der Waals surface area contributed by atoms with Gasteiger partial charge in [-0.2, -0.15) is 0 Å². The molecule has 1 aliphatic carbocycles. The fraction of sp³-hybridized carbons (Fsp3) is 0.636. The van der Waals surface area contributed by atoms with Crippen molar-refractivity contribution in [3.63, 3.8) is 0 Å². The molecular weight excluding hydrogens is 514 g/mol. The lowest BCUT2D eigenvalue weighted by atomic mass is 10.1. The summed E-state index contributed by atoms with van der Waals surface area (Å²) in [5.41, 5.74) is 0. The first-order valence-electron chi connectivity index (χ1n) is 10.9. The largest absolute Gasteiger partial charge is 0.491 e. The van der Waals surface area contributed by atoms with Crippen LogP contribution < -0.4 is 15.4 Å². The number of aliphatic hydroxyl groups excluding tert-OH is 1. The Morgan fingerprint density at radius 3 is 2.68 bits per heavy atom. The number of carbonyl (C=O) groups excluding carboxylic acids is 1. The number of carbonyl (C=O) groups is 1. The number of nitrogens with one attached hydrogen (secondary N) is 2. The molecule has 1 saturated carbocycles. The van der Waals surface area contributed by atoms with Crippen LogP contribution in [-0.4, -0.2) is 66.8 Å². The highest BCUT2D eigenvalue weighted by atomic mass is 127. The molecule has 174 valence electrons. The van der Waals surface area contributed by atoms with Crippen LogP contribution in [0.5, 0.6) is 5.75 Å². The molecule has 1 aromatic rings. The van der Waals surface area contributed by atoms with Crippen molar-refractivity contribution in [2.75, 3.05) is 32.8 Å². The molecule has 2 aliphatic rings. The number of aliphatic imine (C=N–C) groups is 1. The van der Waals surface area contributed by atoms with Gasteiger partial charge in [0.05, 0.1) is 6.54 Å². The minimum Gasteiger partial charge on any atom is -0.491 e. The second-order valence-corrected chi connectivity index (χ2v) is 8.03. The van der Waals surface area contributed by atoms with E-state index in [0.29, 0.717) is 30.7 Å². The van der Waals surface area contributed by atoms with Gasteiger partial charge in [0.1, 0.15) is 24.3 Å². The molecule has 1 amide bonds. The monoisotopic (exact) mass is 548 g/mol.